The fourth-order valence-corrected chi connectivity index (χ4v) is 5.18. The molecule has 8 heteroatoms. The van der Waals surface area contributed by atoms with Gasteiger partial charge in [-0.1, -0.05) is 49.7 Å². The molecule has 2 aromatic carbocycles. The lowest BCUT2D eigenvalue weighted by atomic mass is 9.95. The molecule has 1 N–H and O–H groups in total. The summed E-state index contributed by atoms with van der Waals surface area (Å²) in [5, 5.41) is 11.7. The molecule has 0 amide bonds. The summed E-state index contributed by atoms with van der Waals surface area (Å²) in [4.78, 5) is 17.1. The third-order valence-corrected chi connectivity index (χ3v) is 7.53. The van der Waals surface area contributed by atoms with Gasteiger partial charge in [0.2, 0.25) is 0 Å². The standard InChI is InChI=1S/C33H40ClFN4O2/c1-23(2)10-11-25(18-26(34)22-38-13-12-36(6)32(38)41)30-21-27(35)20-29(31(30)40)24-8-7-9-28(19-24)37-14-16-39(17-15-37)33(3,4)5/h7-13,18-23,40H,14-17H2,1-6H3/b11-10+,25-18+,26-22-. The topological polar surface area (TPSA) is 53.6 Å². The molecule has 1 fully saturated rings. The smallest absolute Gasteiger partial charge is 0.331 e. The average molecular weight is 579 g/mol. The molecule has 0 bridgehead atoms. The van der Waals surface area contributed by atoms with Gasteiger partial charge in [-0.25, -0.2) is 9.18 Å². The Bertz CT molecular complexity index is 1530. The molecule has 4 rings (SSSR count). The Hall–Kier alpha value is -3.55. The fourth-order valence-electron chi connectivity index (χ4n) is 4.96. The lowest BCUT2D eigenvalue weighted by Gasteiger charge is -2.43. The van der Waals surface area contributed by atoms with Gasteiger partial charge in [0.25, 0.3) is 0 Å². The van der Waals surface area contributed by atoms with E-state index >= 15 is 4.39 Å². The van der Waals surface area contributed by atoms with Gasteiger partial charge in [-0.2, -0.15) is 0 Å². The number of nitrogens with zero attached hydrogens (tertiary/aromatic N) is 4. The summed E-state index contributed by atoms with van der Waals surface area (Å²) in [6.45, 7) is 14.5. The highest BCUT2D eigenvalue weighted by Gasteiger charge is 2.26. The maximum absolute atomic E-state index is 15.1. The van der Waals surface area contributed by atoms with Crippen LogP contribution in [-0.4, -0.2) is 50.9 Å². The molecule has 0 saturated carbocycles. The van der Waals surface area contributed by atoms with E-state index in [1.165, 1.54) is 27.5 Å². The van der Waals surface area contributed by atoms with Crippen molar-refractivity contribution < 1.29 is 9.50 Å². The first-order chi connectivity index (χ1) is 19.3. The number of rotatable bonds is 7. The number of benzene rings is 2. The molecule has 2 heterocycles. The van der Waals surface area contributed by atoms with Crippen LogP contribution in [0.15, 0.2) is 76.8 Å². The van der Waals surface area contributed by atoms with Crippen molar-refractivity contribution in [2.75, 3.05) is 31.1 Å². The van der Waals surface area contributed by atoms with Crippen molar-refractivity contribution in [3.8, 4) is 16.9 Å². The van der Waals surface area contributed by atoms with Crippen molar-refractivity contribution in [1.29, 1.82) is 0 Å². The van der Waals surface area contributed by atoms with Crippen molar-refractivity contribution in [3.05, 3.63) is 93.9 Å². The molecule has 0 unspecified atom stereocenters. The molecule has 1 aromatic heterocycles. The number of piperazine rings is 1. The average Bonchev–Trinajstić information content (AvgIpc) is 3.23. The Morgan fingerprint density at radius 2 is 1.78 bits per heavy atom. The minimum Gasteiger partial charge on any atom is -0.507 e. The normalized spacial score (nSPS) is 15.9. The summed E-state index contributed by atoms with van der Waals surface area (Å²) >= 11 is 6.55. The number of hydrogen-bond donors (Lipinski definition) is 1. The highest BCUT2D eigenvalue weighted by Crippen LogP contribution is 2.39. The van der Waals surface area contributed by atoms with Crippen LogP contribution in [-0.2, 0) is 7.05 Å². The Balaban J connectivity index is 1.72. The summed E-state index contributed by atoms with van der Waals surface area (Å²) in [6.07, 6.45) is 10.1. The van der Waals surface area contributed by atoms with Crippen molar-refractivity contribution in [1.82, 2.24) is 14.0 Å². The number of aromatic hydroxyl groups is 1. The monoisotopic (exact) mass is 578 g/mol. The minimum absolute atomic E-state index is 0.0397. The second-order valence-electron chi connectivity index (χ2n) is 11.9. The van der Waals surface area contributed by atoms with Crippen LogP contribution in [0.5, 0.6) is 5.75 Å². The van der Waals surface area contributed by atoms with Gasteiger partial charge in [-0.3, -0.25) is 9.47 Å². The zero-order valence-electron chi connectivity index (χ0n) is 24.7. The zero-order valence-corrected chi connectivity index (χ0v) is 25.5. The van der Waals surface area contributed by atoms with Gasteiger partial charge < -0.3 is 14.6 Å². The number of imidazole rings is 1. The largest absolute Gasteiger partial charge is 0.507 e. The molecule has 41 heavy (non-hydrogen) atoms. The number of hydrogen-bond acceptors (Lipinski definition) is 4. The lowest BCUT2D eigenvalue weighted by Crippen LogP contribution is -2.53. The minimum atomic E-state index is -0.472. The van der Waals surface area contributed by atoms with Crippen molar-refractivity contribution in [3.63, 3.8) is 0 Å². The van der Waals surface area contributed by atoms with Crippen molar-refractivity contribution in [2.45, 2.75) is 40.2 Å². The molecule has 218 valence electrons. The van der Waals surface area contributed by atoms with E-state index in [2.05, 4.69) is 36.6 Å². The highest BCUT2D eigenvalue weighted by molar-refractivity contribution is 6.33. The SMILES string of the molecule is CC(C)/C=C/C(=C\C(Cl)=C\n1ccn(C)c1=O)c1cc(F)cc(-c2cccc(N3CCN(C(C)(C)C)CC3)c2)c1O. The van der Waals surface area contributed by atoms with Gasteiger partial charge in [-0.05, 0) is 68.2 Å². The summed E-state index contributed by atoms with van der Waals surface area (Å²) in [6, 6.07) is 10.6. The van der Waals surface area contributed by atoms with Crippen LogP contribution >= 0.6 is 11.6 Å². The number of anilines is 1. The zero-order chi connectivity index (χ0) is 29.9. The van der Waals surface area contributed by atoms with Gasteiger partial charge in [0.1, 0.15) is 11.6 Å². The van der Waals surface area contributed by atoms with Gasteiger partial charge in [0.05, 0.1) is 5.03 Å². The van der Waals surface area contributed by atoms with Crippen LogP contribution in [0.4, 0.5) is 10.1 Å². The Labute approximate surface area is 247 Å². The van der Waals surface area contributed by atoms with Gasteiger partial charge in [0.15, 0.2) is 0 Å². The number of allylic oxidation sites excluding steroid dienone is 5. The second-order valence-corrected chi connectivity index (χ2v) is 12.3. The number of halogens is 2. The maximum atomic E-state index is 15.1. The maximum Gasteiger partial charge on any atom is 0.331 e. The molecule has 1 saturated heterocycles. The van der Waals surface area contributed by atoms with Crippen molar-refractivity contribution >= 4 is 29.1 Å². The van der Waals surface area contributed by atoms with E-state index in [4.69, 9.17) is 11.6 Å². The van der Waals surface area contributed by atoms with E-state index in [-0.39, 0.29) is 27.9 Å². The molecule has 1 aliphatic rings. The molecular weight excluding hydrogens is 539 g/mol. The van der Waals surface area contributed by atoms with Crippen LogP contribution in [0.1, 0.15) is 40.2 Å². The van der Waals surface area contributed by atoms with Gasteiger partial charge in [0, 0.05) is 74.2 Å². The third-order valence-electron chi connectivity index (χ3n) is 7.33. The predicted molar refractivity (Wildman–Crippen MR) is 169 cm³/mol. The van der Waals surface area contributed by atoms with Crippen LogP contribution in [0.25, 0.3) is 22.9 Å². The van der Waals surface area contributed by atoms with E-state index in [9.17, 15) is 9.90 Å². The van der Waals surface area contributed by atoms with E-state index in [1.54, 1.807) is 25.5 Å². The van der Waals surface area contributed by atoms with Crippen molar-refractivity contribution in [2.24, 2.45) is 13.0 Å². The van der Waals surface area contributed by atoms with Crippen LogP contribution in [0, 0.1) is 11.7 Å². The molecule has 3 aromatic rings. The first-order valence-corrected chi connectivity index (χ1v) is 14.4. The Morgan fingerprint density at radius 1 is 1.07 bits per heavy atom. The third kappa shape index (κ3) is 7.40. The molecule has 0 atom stereocenters. The first kappa shape index (κ1) is 30.4. The predicted octanol–water partition coefficient (Wildman–Crippen LogP) is 6.95. The molecule has 1 aliphatic heterocycles. The van der Waals surface area contributed by atoms with Gasteiger partial charge in [-0.15, -0.1) is 0 Å². The quantitative estimate of drug-likeness (QED) is 0.308. The molecule has 0 aliphatic carbocycles. The summed E-state index contributed by atoms with van der Waals surface area (Å²) in [5.41, 5.74) is 2.89. The van der Waals surface area contributed by atoms with Crippen LogP contribution in [0.3, 0.4) is 0 Å². The molecule has 0 spiro atoms. The number of aryl methyl sites for hydroxylation is 1. The van der Waals surface area contributed by atoms with E-state index in [0.717, 1.165) is 37.4 Å². The number of phenols is 1. The number of aromatic nitrogens is 2. The Morgan fingerprint density at radius 3 is 2.39 bits per heavy atom. The second kappa shape index (κ2) is 12.5. The first-order valence-electron chi connectivity index (χ1n) is 14.0. The Kier molecular flexibility index (Phi) is 9.30. The van der Waals surface area contributed by atoms with Gasteiger partial charge >= 0.3 is 5.69 Å². The molecular formula is C33H40ClFN4O2. The highest BCUT2D eigenvalue weighted by atomic mass is 35.5. The number of phenolic OH excluding ortho intramolecular Hbond substituents is 1. The van der Waals surface area contributed by atoms with E-state index in [1.807, 2.05) is 44.2 Å². The fraction of sp³-hybridized carbons (Fsp3) is 0.364. The summed E-state index contributed by atoms with van der Waals surface area (Å²) in [5.74, 6) is -0.300. The van der Waals surface area contributed by atoms with Crippen LogP contribution < -0.4 is 10.6 Å². The lowest BCUT2D eigenvalue weighted by molar-refractivity contribution is 0.128. The molecule has 6 nitrogen and oxygen atoms in total. The van der Waals surface area contributed by atoms with E-state index < -0.39 is 5.82 Å². The summed E-state index contributed by atoms with van der Waals surface area (Å²) in [7, 11) is 1.65. The summed E-state index contributed by atoms with van der Waals surface area (Å²) < 4.78 is 17.9. The van der Waals surface area contributed by atoms with Crippen LogP contribution in [0.2, 0.25) is 0 Å². The molecule has 0 radical (unpaired) electrons. The van der Waals surface area contributed by atoms with E-state index in [0.29, 0.717) is 16.7 Å².